The molecule has 0 spiro atoms. The fourth-order valence-corrected chi connectivity index (χ4v) is 3.23. The van der Waals surface area contributed by atoms with Crippen molar-refractivity contribution in [3.63, 3.8) is 0 Å². The second-order valence-corrected chi connectivity index (χ2v) is 7.25. The SMILES string of the molecule is COc1ccc(/C=C/C(=O)c2ccc(O)c(O[C@@H]3O[C@H](CO)[C@@H](O)[C@H](O)[C@H]3O)c2O)cc1O. The Morgan fingerprint density at radius 2 is 1.76 bits per heavy atom. The number of methoxy groups -OCH3 is 1. The first-order valence-electron chi connectivity index (χ1n) is 9.79. The zero-order valence-corrected chi connectivity index (χ0v) is 17.4. The molecule has 0 radical (unpaired) electrons. The molecule has 2 aromatic rings. The first kappa shape index (κ1) is 24.3. The molecule has 7 N–H and O–H groups in total. The molecule has 0 amide bonds. The molecule has 5 atom stereocenters. The molecule has 1 heterocycles. The Balaban J connectivity index is 1.83. The van der Waals surface area contributed by atoms with Crippen LogP contribution in [0.15, 0.2) is 36.4 Å². The molecule has 33 heavy (non-hydrogen) atoms. The van der Waals surface area contributed by atoms with Crippen molar-refractivity contribution in [2.75, 3.05) is 13.7 Å². The third-order valence-corrected chi connectivity index (χ3v) is 5.09. The van der Waals surface area contributed by atoms with Crippen LogP contribution in [-0.4, -0.2) is 86.0 Å². The number of aliphatic hydroxyl groups excluding tert-OH is 4. The van der Waals surface area contributed by atoms with Gasteiger partial charge in [-0.15, -0.1) is 0 Å². The number of ketones is 1. The van der Waals surface area contributed by atoms with Crippen molar-refractivity contribution < 1.29 is 54.8 Å². The maximum atomic E-state index is 12.6. The monoisotopic (exact) mass is 464 g/mol. The molecule has 1 aliphatic heterocycles. The van der Waals surface area contributed by atoms with Gasteiger partial charge >= 0.3 is 0 Å². The average molecular weight is 464 g/mol. The molecule has 0 aromatic heterocycles. The van der Waals surface area contributed by atoms with Gasteiger partial charge in [-0.2, -0.15) is 0 Å². The minimum atomic E-state index is -1.79. The average Bonchev–Trinajstić information content (AvgIpc) is 2.80. The van der Waals surface area contributed by atoms with Gasteiger partial charge in [-0.25, -0.2) is 0 Å². The molecule has 0 aliphatic carbocycles. The number of aromatic hydroxyl groups is 3. The van der Waals surface area contributed by atoms with E-state index in [1.807, 2.05) is 0 Å². The van der Waals surface area contributed by atoms with Crippen LogP contribution in [0.25, 0.3) is 6.08 Å². The third-order valence-electron chi connectivity index (χ3n) is 5.09. The lowest BCUT2D eigenvalue weighted by atomic mass is 9.99. The fraction of sp³-hybridized carbons (Fsp3) is 0.318. The van der Waals surface area contributed by atoms with Gasteiger partial charge in [-0.05, 0) is 35.9 Å². The number of carbonyl (C=O) groups excluding carboxylic acids is 1. The van der Waals surface area contributed by atoms with Crippen molar-refractivity contribution in [3.05, 3.63) is 47.5 Å². The number of rotatable bonds is 7. The van der Waals surface area contributed by atoms with Crippen LogP contribution in [0.2, 0.25) is 0 Å². The van der Waals surface area contributed by atoms with E-state index in [0.29, 0.717) is 5.56 Å². The smallest absolute Gasteiger partial charge is 0.229 e. The summed E-state index contributed by atoms with van der Waals surface area (Å²) in [5, 5.41) is 69.5. The molecule has 0 unspecified atom stereocenters. The van der Waals surface area contributed by atoms with Gasteiger partial charge < -0.3 is 50.0 Å². The quantitative estimate of drug-likeness (QED) is 0.214. The number of phenols is 3. The Kier molecular flexibility index (Phi) is 7.41. The molecule has 2 aromatic carbocycles. The Labute approximate surface area is 188 Å². The highest BCUT2D eigenvalue weighted by atomic mass is 16.7. The lowest BCUT2D eigenvalue weighted by Gasteiger charge is -2.39. The van der Waals surface area contributed by atoms with Crippen LogP contribution in [0.1, 0.15) is 15.9 Å². The summed E-state index contributed by atoms with van der Waals surface area (Å²) >= 11 is 0. The molecule has 178 valence electrons. The Bertz CT molecular complexity index is 1030. The predicted octanol–water partition coefficient (Wildman–Crippen LogP) is -0.113. The Hall–Kier alpha value is -3.35. The number of aliphatic hydroxyl groups is 4. The number of carbonyl (C=O) groups is 1. The minimum absolute atomic E-state index is 0.130. The number of hydrogen-bond donors (Lipinski definition) is 7. The van der Waals surface area contributed by atoms with Gasteiger partial charge in [0.1, 0.15) is 24.4 Å². The lowest BCUT2D eigenvalue weighted by molar-refractivity contribution is -0.277. The molecule has 0 bridgehead atoms. The molecule has 3 rings (SSSR count). The number of ether oxygens (including phenoxy) is 3. The van der Waals surface area contributed by atoms with Crippen LogP contribution in [0.4, 0.5) is 0 Å². The topological polar surface area (TPSA) is 186 Å². The minimum Gasteiger partial charge on any atom is -0.504 e. The van der Waals surface area contributed by atoms with E-state index in [2.05, 4.69) is 0 Å². The molecule has 0 saturated carbocycles. The van der Waals surface area contributed by atoms with Crippen molar-refractivity contribution in [1.82, 2.24) is 0 Å². The van der Waals surface area contributed by atoms with Crippen LogP contribution >= 0.6 is 0 Å². The van der Waals surface area contributed by atoms with Crippen molar-refractivity contribution in [2.45, 2.75) is 30.7 Å². The zero-order valence-electron chi connectivity index (χ0n) is 17.4. The summed E-state index contributed by atoms with van der Waals surface area (Å²) in [5.74, 6) is -2.52. The van der Waals surface area contributed by atoms with Crippen LogP contribution in [0.5, 0.6) is 28.7 Å². The van der Waals surface area contributed by atoms with Gasteiger partial charge in [-0.1, -0.05) is 12.1 Å². The molecular weight excluding hydrogens is 440 g/mol. The van der Waals surface area contributed by atoms with E-state index in [9.17, 15) is 40.5 Å². The predicted molar refractivity (Wildman–Crippen MR) is 112 cm³/mol. The lowest BCUT2D eigenvalue weighted by Crippen LogP contribution is -2.60. The Morgan fingerprint density at radius 3 is 2.39 bits per heavy atom. The summed E-state index contributed by atoms with van der Waals surface area (Å²) in [5.41, 5.74) is 0.207. The molecular formula is C22H24O11. The number of allylic oxidation sites excluding steroid dienone is 1. The van der Waals surface area contributed by atoms with Crippen molar-refractivity contribution in [1.29, 1.82) is 0 Å². The van der Waals surface area contributed by atoms with Gasteiger partial charge in [-0.3, -0.25) is 4.79 Å². The van der Waals surface area contributed by atoms with Crippen LogP contribution in [-0.2, 0) is 4.74 Å². The maximum Gasteiger partial charge on any atom is 0.229 e. The summed E-state index contributed by atoms with van der Waals surface area (Å²) in [6.45, 7) is -0.701. The van der Waals surface area contributed by atoms with E-state index in [1.165, 1.54) is 25.3 Å². The van der Waals surface area contributed by atoms with E-state index in [0.717, 1.165) is 18.2 Å². The summed E-state index contributed by atoms with van der Waals surface area (Å²) < 4.78 is 15.4. The van der Waals surface area contributed by atoms with Gasteiger partial charge in [0.2, 0.25) is 12.0 Å². The van der Waals surface area contributed by atoms with E-state index < -0.39 is 60.3 Å². The van der Waals surface area contributed by atoms with Crippen LogP contribution in [0, 0.1) is 0 Å². The number of benzene rings is 2. The van der Waals surface area contributed by atoms with E-state index in [4.69, 9.17) is 14.2 Å². The van der Waals surface area contributed by atoms with Gasteiger partial charge in [0, 0.05) is 0 Å². The van der Waals surface area contributed by atoms with Gasteiger partial charge in [0.05, 0.1) is 19.3 Å². The second kappa shape index (κ2) is 10.1. The summed E-state index contributed by atoms with van der Waals surface area (Å²) in [6.07, 6.45) is -5.60. The summed E-state index contributed by atoms with van der Waals surface area (Å²) in [7, 11) is 1.39. The summed E-state index contributed by atoms with van der Waals surface area (Å²) in [6, 6.07) is 6.67. The van der Waals surface area contributed by atoms with Crippen LogP contribution < -0.4 is 9.47 Å². The zero-order chi connectivity index (χ0) is 24.3. The largest absolute Gasteiger partial charge is 0.504 e. The van der Waals surface area contributed by atoms with Crippen LogP contribution in [0.3, 0.4) is 0 Å². The summed E-state index contributed by atoms with van der Waals surface area (Å²) in [4.78, 5) is 12.6. The Morgan fingerprint density at radius 1 is 1.03 bits per heavy atom. The van der Waals surface area contributed by atoms with Crippen molar-refractivity contribution in [2.24, 2.45) is 0 Å². The standard InChI is InChI=1S/C22H24O11/c1-31-15-7-3-10(8-14(15)26)2-5-12(24)11-4-6-13(25)21(17(11)27)33-22-20(30)19(29)18(28)16(9-23)32-22/h2-8,16,18-20,22-23,25-30H,9H2,1H3/b5-2+/t16-,18-,19+,20-,22+/m1/s1. The fourth-order valence-electron chi connectivity index (χ4n) is 3.23. The van der Waals surface area contributed by atoms with Crippen molar-refractivity contribution in [3.8, 4) is 28.7 Å². The first-order valence-corrected chi connectivity index (χ1v) is 9.79. The number of phenolic OH excluding ortho intramolecular Hbond substituents is 3. The molecule has 1 aliphatic rings. The van der Waals surface area contributed by atoms with Gasteiger partial charge in [0.15, 0.2) is 28.8 Å². The number of hydrogen-bond acceptors (Lipinski definition) is 11. The first-order chi connectivity index (χ1) is 15.7. The maximum absolute atomic E-state index is 12.6. The molecule has 11 nitrogen and oxygen atoms in total. The highest BCUT2D eigenvalue weighted by Gasteiger charge is 2.45. The molecule has 1 fully saturated rings. The van der Waals surface area contributed by atoms with E-state index in [-0.39, 0.29) is 17.1 Å². The highest BCUT2D eigenvalue weighted by molar-refractivity contribution is 6.09. The molecule has 1 saturated heterocycles. The van der Waals surface area contributed by atoms with Crippen molar-refractivity contribution >= 4 is 11.9 Å². The second-order valence-electron chi connectivity index (χ2n) is 7.25. The van der Waals surface area contributed by atoms with Gasteiger partial charge in [0.25, 0.3) is 0 Å². The van der Waals surface area contributed by atoms with E-state index in [1.54, 1.807) is 6.07 Å². The third kappa shape index (κ3) is 5.02. The van der Waals surface area contributed by atoms with E-state index >= 15 is 0 Å². The highest BCUT2D eigenvalue weighted by Crippen LogP contribution is 2.40. The molecule has 11 heteroatoms. The normalized spacial score (nSPS) is 25.2.